The number of rotatable bonds is 7. The molecular weight excluding hydrogens is 524 g/mol. The normalized spacial score (nSPS) is 16.1. The predicted octanol–water partition coefficient (Wildman–Crippen LogP) is 7.23. The second-order valence-corrected chi connectivity index (χ2v) is 11.2. The zero-order valence-electron chi connectivity index (χ0n) is 26.2. The lowest BCUT2D eigenvalue weighted by molar-refractivity contribution is -0.123. The number of hydrogen-bond acceptors (Lipinski definition) is 6. The summed E-state index contributed by atoms with van der Waals surface area (Å²) in [5.74, 6) is 1.72. The zero-order chi connectivity index (χ0) is 30.9. The Morgan fingerprint density at radius 3 is 2.26 bits per heavy atom. The van der Waals surface area contributed by atoms with Gasteiger partial charge in [-0.15, -0.1) is 0 Å². The summed E-state index contributed by atoms with van der Waals surface area (Å²) in [6.07, 6.45) is 15.5. The quantitative estimate of drug-likeness (QED) is 0.339. The molecule has 0 bridgehead atoms. The van der Waals surface area contributed by atoms with Crippen LogP contribution >= 0.6 is 0 Å². The molecule has 2 aromatic carbocycles. The van der Waals surface area contributed by atoms with Gasteiger partial charge in [-0.2, -0.15) is 5.26 Å². The first-order chi connectivity index (χ1) is 20.4. The Morgan fingerprint density at radius 2 is 1.69 bits per heavy atom. The Labute approximate surface area is 253 Å². The van der Waals surface area contributed by atoms with E-state index in [-0.39, 0.29) is 17.9 Å². The van der Waals surface area contributed by atoms with Gasteiger partial charge in [-0.1, -0.05) is 56.7 Å². The van der Waals surface area contributed by atoms with Crippen LogP contribution in [0.2, 0.25) is 0 Å². The maximum absolute atomic E-state index is 12.7. The van der Waals surface area contributed by atoms with Crippen LogP contribution in [0.5, 0.6) is 5.75 Å². The average Bonchev–Trinajstić information content (AvgIpc) is 3.06. The Bertz CT molecular complexity index is 1200. The first kappa shape index (κ1) is 34.6. The largest absolute Gasteiger partial charge is 0.495 e. The average molecular weight is 575 g/mol. The minimum Gasteiger partial charge on any atom is -0.495 e. The van der Waals surface area contributed by atoms with E-state index in [0.29, 0.717) is 17.2 Å². The summed E-state index contributed by atoms with van der Waals surface area (Å²) in [6.45, 7) is 4.05. The fourth-order valence-corrected chi connectivity index (χ4v) is 5.59. The molecule has 0 aliphatic heterocycles. The molecule has 2 aromatic rings. The molecule has 2 aliphatic carbocycles. The number of carbonyl (C=O) groups excluding carboxylic acids is 1. The predicted molar refractivity (Wildman–Crippen MR) is 174 cm³/mol. The molecule has 2 aliphatic rings. The number of nitrogens with two attached hydrogens (primary N) is 1. The van der Waals surface area contributed by atoms with Crippen LogP contribution in [0.15, 0.2) is 53.7 Å². The fourth-order valence-electron chi connectivity index (χ4n) is 5.59. The second kappa shape index (κ2) is 18.7. The first-order valence-electron chi connectivity index (χ1n) is 15.2. The van der Waals surface area contributed by atoms with Crippen molar-refractivity contribution < 1.29 is 14.6 Å². The van der Waals surface area contributed by atoms with Crippen molar-refractivity contribution >= 4 is 23.4 Å². The lowest BCUT2D eigenvalue weighted by Gasteiger charge is -2.26. The number of aliphatic hydroxyl groups is 1. The summed E-state index contributed by atoms with van der Waals surface area (Å²) in [5, 5.41) is 16.0. The van der Waals surface area contributed by atoms with Crippen LogP contribution in [0.25, 0.3) is 5.57 Å². The standard InChI is InChI=1S/C20H29N3O.C14H17NO.CH4O/c1-15(2)22-14-18(13-21)17-10-7-11-19(12-17)23(3)20(24)16-8-5-4-6-9-16;1-16-14-8-7-12(9-13(14)10-15)11-5-3-2-4-6-11;1-2/h7,10-16H,4-6,8-9,21H2,1-3H3;7-9,11H,2-6H2,1H3;2H,1H3/b18-13+,22-14?;;. The summed E-state index contributed by atoms with van der Waals surface area (Å²) in [4.78, 5) is 18.9. The SMILES string of the molecule is CC(C)N=C/C(=C\N)c1cccc(N(C)C(=O)C2CCCCC2)c1.CO.COc1ccc(C2CCCCC2)cc1C#N. The monoisotopic (exact) mass is 574 g/mol. The number of benzene rings is 2. The smallest absolute Gasteiger partial charge is 0.229 e. The van der Waals surface area contributed by atoms with Crippen LogP contribution in [0, 0.1) is 17.2 Å². The number of carbonyl (C=O) groups is 1. The van der Waals surface area contributed by atoms with Crippen molar-refractivity contribution in [3.63, 3.8) is 0 Å². The highest BCUT2D eigenvalue weighted by molar-refractivity contribution is 6.10. The topological polar surface area (TPSA) is 112 Å². The molecule has 3 N–H and O–H groups in total. The molecule has 0 aromatic heterocycles. The van der Waals surface area contributed by atoms with Crippen LogP contribution < -0.4 is 15.4 Å². The van der Waals surface area contributed by atoms with Gasteiger partial charge in [0.05, 0.1) is 12.7 Å². The third-order valence-electron chi connectivity index (χ3n) is 7.96. The van der Waals surface area contributed by atoms with Gasteiger partial charge in [0.2, 0.25) is 5.91 Å². The molecule has 4 rings (SSSR count). The van der Waals surface area contributed by atoms with Crippen molar-refractivity contribution in [2.75, 3.05) is 26.2 Å². The van der Waals surface area contributed by atoms with Gasteiger partial charge < -0.3 is 20.5 Å². The number of aliphatic hydroxyl groups excluding tert-OH is 1. The fraction of sp³-hybridized carbons (Fsp3) is 0.514. The molecule has 2 saturated carbocycles. The van der Waals surface area contributed by atoms with Crippen molar-refractivity contribution in [1.82, 2.24) is 0 Å². The maximum atomic E-state index is 12.7. The zero-order valence-corrected chi connectivity index (χ0v) is 26.2. The number of methoxy groups -OCH3 is 1. The Hall–Kier alpha value is -3.63. The van der Waals surface area contributed by atoms with Crippen LogP contribution in [0.3, 0.4) is 0 Å². The van der Waals surface area contributed by atoms with Gasteiger partial charge in [0.15, 0.2) is 0 Å². The molecule has 2 fully saturated rings. The van der Waals surface area contributed by atoms with Crippen LogP contribution in [0.1, 0.15) is 101 Å². The number of ether oxygens (including phenoxy) is 1. The number of nitrogens with zero attached hydrogens (tertiary/aromatic N) is 3. The van der Waals surface area contributed by atoms with Gasteiger partial charge in [-0.25, -0.2) is 0 Å². The van der Waals surface area contributed by atoms with Gasteiger partial charge in [-0.3, -0.25) is 9.79 Å². The van der Waals surface area contributed by atoms with Gasteiger partial charge in [0, 0.05) is 49.8 Å². The van der Waals surface area contributed by atoms with E-state index >= 15 is 0 Å². The van der Waals surface area contributed by atoms with Crippen LogP contribution in [-0.4, -0.2) is 44.5 Å². The van der Waals surface area contributed by atoms with Gasteiger partial charge in [0.25, 0.3) is 0 Å². The maximum Gasteiger partial charge on any atom is 0.229 e. The van der Waals surface area contributed by atoms with E-state index in [1.165, 1.54) is 44.1 Å². The molecule has 0 saturated heterocycles. The third kappa shape index (κ3) is 10.3. The molecule has 228 valence electrons. The molecule has 0 unspecified atom stereocenters. The minimum absolute atomic E-state index is 0.166. The Balaban J connectivity index is 0.000000296. The molecule has 0 spiro atoms. The van der Waals surface area contributed by atoms with Gasteiger partial charge in [0.1, 0.15) is 11.8 Å². The van der Waals surface area contributed by atoms with E-state index in [0.717, 1.165) is 49.6 Å². The van der Waals surface area contributed by atoms with Crippen molar-refractivity contribution in [3.05, 3.63) is 65.4 Å². The van der Waals surface area contributed by atoms with Gasteiger partial charge in [-0.05, 0) is 80.8 Å². The molecule has 42 heavy (non-hydrogen) atoms. The van der Waals surface area contributed by atoms with Gasteiger partial charge >= 0.3 is 0 Å². The molecule has 0 heterocycles. The van der Waals surface area contributed by atoms with Crippen LogP contribution in [-0.2, 0) is 4.79 Å². The lowest BCUT2D eigenvalue weighted by atomic mass is 9.83. The number of anilines is 1. The summed E-state index contributed by atoms with van der Waals surface area (Å²) in [7, 11) is 4.47. The molecule has 7 heteroatoms. The molecule has 0 radical (unpaired) electrons. The summed E-state index contributed by atoms with van der Waals surface area (Å²) >= 11 is 0. The van der Waals surface area contributed by atoms with Crippen molar-refractivity contribution in [2.24, 2.45) is 16.6 Å². The second-order valence-electron chi connectivity index (χ2n) is 11.2. The molecular formula is C35H50N4O3. The highest BCUT2D eigenvalue weighted by atomic mass is 16.5. The summed E-state index contributed by atoms with van der Waals surface area (Å²) < 4.78 is 5.16. The first-order valence-corrected chi connectivity index (χ1v) is 15.2. The third-order valence-corrected chi connectivity index (χ3v) is 7.96. The molecule has 7 nitrogen and oxygen atoms in total. The van der Waals surface area contributed by atoms with E-state index < -0.39 is 0 Å². The number of amides is 1. The van der Waals surface area contributed by atoms with Crippen molar-refractivity contribution in [1.29, 1.82) is 5.26 Å². The van der Waals surface area contributed by atoms with Crippen LogP contribution in [0.4, 0.5) is 5.69 Å². The Kier molecular flexibility index (Phi) is 15.4. The van der Waals surface area contributed by atoms with E-state index in [1.54, 1.807) is 24.4 Å². The lowest BCUT2D eigenvalue weighted by Crippen LogP contribution is -2.33. The summed E-state index contributed by atoms with van der Waals surface area (Å²) in [6, 6.07) is 16.4. The number of nitriles is 1. The van der Waals surface area contributed by atoms with E-state index in [4.69, 9.17) is 20.8 Å². The molecule has 0 atom stereocenters. The van der Waals surface area contributed by atoms with E-state index in [1.807, 2.05) is 57.3 Å². The molecule has 1 amide bonds. The summed E-state index contributed by atoms with van der Waals surface area (Å²) in [5.41, 5.74) is 10.5. The highest BCUT2D eigenvalue weighted by Crippen LogP contribution is 2.34. The van der Waals surface area contributed by atoms with E-state index in [9.17, 15) is 4.79 Å². The van der Waals surface area contributed by atoms with Crippen molar-refractivity contribution in [2.45, 2.75) is 90.0 Å². The number of allylic oxidation sites excluding steroid dienone is 1. The highest BCUT2D eigenvalue weighted by Gasteiger charge is 2.25. The number of hydrogen-bond donors (Lipinski definition) is 2. The number of aliphatic imine (C=N–C) groups is 1. The minimum atomic E-state index is 0.166. The van der Waals surface area contributed by atoms with Crippen molar-refractivity contribution in [3.8, 4) is 11.8 Å². The van der Waals surface area contributed by atoms with E-state index in [2.05, 4.69) is 17.1 Å². The Morgan fingerprint density at radius 1 is 1.05 bits per heavy atom.